The second-order valence-electron chi connectivity index (χ2n) is 6.05. The van der Waals surface area contributed by atoms with Crippen molar-refractivity contribution in [2.24, 2.45) is 0 Å². The number of rotatable bonds is 4. The van der Waals surface area contributed by atoms with Crippen LogP contribution in [0.5, 0.6) is 0 Å². The summed E-state index contributed by atoms with van der Waals surface area (Å²) >= 11 is 0. The Kier molecular flexibility index (Phi) is 4.61. The lowest BCUT2D eigenvalue weighted by Crippen LogP contribution is -2.38. The highest BCUT2D eigenvalue weighted by Gasteiger charge is 2.22. The zero-order valence-corrected chi connectivity index (χ0v) is 12.8. The van der Waals surface area contributed by atoms with Crippen LogP contribution in [0.3, 0.4) is 0 Å². The van der Waals surface area contributed by atoms with Crippen LogP contribution in [0.15, 0.2) is 28.7 Å². The fourth-order valence-corrected chi connectivity index (χ4v) is 3.39. The van der Waals surface area contributed by atoms with E-state index in [0.717, 1.165) is 43.6 Å². The fraction of sp³-hybridized carbons (Fsp3) is 0.556. The van der Waals surface area contributed by atoms with Crippen LogP contribution < -0.4 is 5.32 Å². The quantitative estimate of drug-likeness (QED) is 0.841. The van der Waals surface area contributed by atoms with E-state index in [0.29, 0.717) is 0 Å². The summed E-state index contributed by atoms with van der Waals surface area (Å²) in [7, 11) is 0. The predicted octanol–water partition coefficient (Wildman–Crippen LogP) is 3.78. The number of nitrogens with one attached hydrogen (secondary N) is 1. The zero-order chi connectivity index (χ0) is 14.7. The van der Waals surface area contributed by atoms with Crippen molar-refractivity contribution in [1.29, 1.82) is 0 Å². The second kappa shape index (κ2) is 6.63. The Morgan fingerprint density at radius 3 is 2.86 bits per heavy atom. The summed E-state index contributed by atoms with van der Waals surface area (Å²) in [5.74, 6) is 1.06. The lowest BCUT2D eigenvalue weighted by atomic mass is 10.0. The molecule has 0 bridgehead atoms. The Balaban J connectivity index is 1.77. The Hall–Kier alpha value is -1.32. The molecule has 2 atom stereocenters. The van der Waals surface area contributed by atoms with E-state index in [-0.39, 0.29) is 12.1 Å². The van der Waals surface area contributed by atoms with Crippen molar-refractivity contribution in [3.05, 3.63) is 35.6 Å². The molecule has 0 aliphatic heterocycles. The summed E-state index contributed by atoms with van der Waals surface area (Å²) in [4.78, 5) is 0. The normalized spacial score (nSPS) is 23.3. The monoisotopic (exact) mass is 287 g/mol. The molecule has 1 aliphatic carbocycles. The van der Waals surface area contributed by atoms with Gasteiger partial charge in [0.1, 0.15) is 11.3 Å². The van der Waals surface area contributed by atoms with E-state index in [1.165, 1.54) is 23.8 Å². The minimum absolute atomic E-state index is 0.212. The number of hydrogen-bond acceptors (Lipinski definition) is 3. The molecule has 0 spiro atoms. The van der Waals surface area contributed by atoms with Gasteiger partial charge in [0.2, 0.25) is 0 Å². The highest BCUT2D eigenvalue weighted by Crippen LogP contribution is 2.27. The molecule has 3 heteroatoms. The summed E-state index contributed by atoms with van der Waals surface area (Å²) in [6, 6.07) is 8.43. The molecule has 21 heavy (non-hydrogen) atoms. The van der Waals surface area contributed by atoms with Crippen LogP contribution in [0.4, 0.5) is 0 Å². The summed E-state index contributed by atoms with van der Waals surface area (Å²) in [5.41, 5.74) is 2.22. The third-order valence-electron chi connectivity index (χ3n) is 4.62. The van der Waals surface area contributed by atoms with Gasteiger partial charge in [0, 0.05) is 30.0 Å². The molecule has 1 aliphatic rings. The average Bonchev–Trinajstić information content (AvgIpc) is 2.74. The van der Waals surface area contributed by atoms with Crippen molar-refractivity contribution < 1.29 is 9.52 Å². The van der Waals surface area contributed by atoms with Crippen LogP contribution in [0.25, 0.3) is 11.0 Å². The summed E-state index contributed by atoms with van der Waals surface area (Å²) in [5, 5.41) is 15.0. The van der Waals surface area contributed by atoms with Crippen LogP contribution in [-0.4, -0.2) is 17.3 Å². The summed E-state index contributed by atoms with van der Waals surface area (Å²) in [6.45, 7) is 2.91. The van der Waals surface area contributed by atoms with Gasteiger partial charge in [0.15, 0.2) is 0 Å². The summed E-state index contributed by atoms with van der Waals surface area (Å²) in [6.07, 6.45) is 6.28. The number of para-hydroxylation sites is 1. The van der Waals surface area contributed by atoms with Gasteiger partial charge in [-0.25, -0.2) is 0 Å². The van der Waals surface area contributed by atoms with E-state index in [9.17, 15) is 5.11 Å². The minimum atomic E-state index is -0.212. The summed E-state index contributed by atoms with van der Waals surface area (Å²) < 4.78 is 5.94. The number of hydrogen-bond donors (Lipinski definition) is 2. The highest BCUT2D eigenvalue weighted by molar-refractivity contribution is 5.82. The van der Waals surface area contributed by atoms with E-state index in [1.807, 2.05) is 12.1 Å². The van der Waals surface area contributed by atoms with Gasteiger partial charge in [-0.2, -0.15) is 0 Å². The average molecular weight is 287 g/mol. The topological polar surface area (TPSA) is 45.4 Å². The minimum Gasteiger partial charge on any atom is -0.461 e. The van der Waals surface area contributed by atoms with E-state index in [1.54, 1.807) is 0 Å². The fourth-order valence-electron chi connectivity index (χ4n) is 3.39. The SMILES string of the molecule is CCc1oc2ccccc2c1CNC1CCCCCC1O. The molecule has 1 aromatic heterocycles. The van der Waals surface area contributed by atoms with Gasteiger partial charge < -0.3 is 14.8 Å². The zero-order valence-electron chi connectivity index (χ0n) is 12.8. The number of furan rings is 1. The molecule has 1 heterocycles. The van der Waals surface area contributed by atoms with Crippen LogP contribution in [0, 0.1) is 0 Å². The van der Waals surface area contributed by atoms with Gasteiger partial charge in [0.05, 0.1) is 6.10 Å². The maximum atomic E-state index is 10.2. The van der Waals surface area contributed by atoms with Crippen LogP contribution in [0.1, 0.15) is 50.4 Å². The highest BCUT2D eigenvalue weighted by atomic mass is 16.3. The van der Waals surface area contributed by atoms with Crippen LogP contribution >= 0.6 is 0 Å². The lowest BCUT2D eigenvalue weighted by Gasteiger charge is -2.21. The van der Waals surface area contributed by atoms with Gasteiger partial charge in [0.25, 0.3) is 0 Å². The van der Waals surface area contributed by atoms with E-state index in [4.69, 9.17) is 4.42 Å². The largest absolute Gasteiger partial charge is 0.461 e. The van der Waals surface area contributed by atoms with E-state index < -0.39 is 0 Å². The molecule has 1 fully saturated rings. The van der Waals surface area contributed by atoms with Crippen molar-refractivity contribution in [2.45, 2.75) is 64.1 Å². The number of benzene rings is 1. The molecule has 3 nitrogen and oxygen atoms in total. The first-order valence-corrected chi connectivity index (χ1v) is 8.20. The molecule has 3 rings (SSSR count). The molecular formula is C18H25NO2. The first kappa shape index (κ1) is 14.6. The van der Waals surface area contributed by atoms with Crippen molar-refractivity contribution in [1.82, 2.24) is 5.32 Å². The Bertz CT molecular complexity index is 590. The van der Waals surface area contributed by atoms with Gasteiger partial charge in [-0.1, -0.05) is 44.4 Å². The third kappa shape index (κ3) is 3.14. The molecule has 0 saturated heterocycles. The van der Waals surface area contributed by atoms with Crippen molar-refractivity contribution in [3.63, 3.8) is 0 Å². The van der Waals surface area contributed by atoms with Crippen LogP contribution in [0.2, 0.25) is 0 Å². The molecule has 2 N–H and O–H groups in total. The van der Waals surface area contributed by atoms with Gasteiger partial charge in [-0.3, -0.25) is 0 Å². The molecule has 1 aromatic carbocycles. The number of aliphatic hydroxyl groups is 1. The maximum absolute atomic E-state index is 10.2. The maximum Gasteiger partial charge on any atom is 0.134 e. The van der Waals surface area contributed by atoms with Crippen molar-refractivity contribution in [3.8, 4) is 0 Å². The Morgan fingerprint density at radius 1 is 1.19 bits per heavy atom. The predicted molar refractivity (Wildman–Crippen MR) is 85.3 cm³/mol. The number of aryl methyl sites for hydroxylation is 1. The molecular weight excluding hydrogens is 262 g/mol. The number of aliphatic hydroxyl groups excluding tert-OH is 1. The molecule has 0 amide bonds. The second-order valence-corrected chi connectivity index (χ2v) is 6.05. The third-order valence-corrected chi connectivity index (χ3v) is 4.62. The van der Waals surface area contributed by atoms with E-state index >= 15 is 0 Å². The molecule has 1 saturated carbocycles. The molecule has 0 radical (unpaired) electrons. The van der Waals surface area contributed by atoms with Gasteiger partial charge in [-0.15, -0.1) is 0 Å². The van der Waals surface area contributed by atoms with Crippen molar-refractivity contribution in [2.75, 3.05) is 0 Å². The van der Waals surface area contributed by atoms with Gasteiger partial charge >= 0.3 is 0 Å². The molecule has 2 unspecified atom stereocenters. The lowest BCUT2D eigenvalue weighted by molar-refractivity contribution is 0.119. The van der Waals surface area contributed by atoms with Crippen LogP contribution in [-0.2, 0) is 13.0 Å². The standard InChI is InChI=1S/C18H25NO2/c1-2-17-14(13-8-6-7-11-18(13)21-17)12-19-15-9-4-3-5-10-16(15)20/h6-8,11,15-16,19-20H,2-5,9-10,12H2,1H3. The van der Waals surface area contributed by atoms with Crippen molar-refractivity contribution >= 4 is 11.0 Å². The first-order valence-electron chi connectivity index (χ1n) is 8.20. The smallest absolute Gasteiger partial charge is 0.134 e. The Morgan fingerprint density at radius 2 is 2.00 bits per heavy atom. The van der Waals surface area contributed by atoms with E-state index in [2.05, 4.69) is 24.4 Å². The number of fused-ring (bicyclic) bond motifs is 1. The molecule has 114 valence electrons. The first-order chi connectivity index (χ1) is 10.3. The Labute approximate surface area is 126 Å². The molecule has 2 aromatic rings. The van der Waals surface area contributed by atoms with Gasteiger partial charge in [-0.05, 0) is 18.9 Å².